The highest BCUT2D eigenvalue weighted by Gasteiger charge is 2.78. The second-order valence-corrected chi connectivity index (χ2v) is 8.53. The van der Waals surface area contributed by atoms with Crippen LogP contribution in [-0.2, 0) is 23.8 Å². The van der Waals surface area contributed by atoms with Crippen LogP contribution in [0.25, 0.3) is 0 Å². The van der Waals surface area contributed by atoms with Gasteiger partial charge in [-0.2, -0.15) is 0 Å². The quantitative estimate of drug-likeness (QED) is 0.399. The Morgan fingerprint density at radius 3 is 2.63 bits per heavy atom. The molecule has 148 valence electrons. The molecule has 3 fully saturated rings. The average molecular weight is 378 g/mol. The van der Waals surface area contributed by atoms with Crippen LogP contribution in [0.15, 0.2) is 23.8 Å². The smallest absolute Gasteiger partial charge is 0.344 e. The van der Waals surface area contributed by atoms with Crippen LogP contribution in [0.4, 0.5) is 0 Å². The summed E-state index contributed by atoms with van der Waals surface area (Å²) in [6.45, 7) is 9.16. The predicted octanol–water partition coefficient (Wildman–Crippen LogP) is 1.03. The molecule has 0 aromatic carbocycles. The van der Waals surface area contributed by atoms with Crippen molar-refractivity contribution in [2.45, 2.75) is 75.8 Å². The van der Waals surface area contributed by atoms with E-state index < -0.39 is 53.6 Å². The number of allylic oxidation sites excluding steroid dienone is 1. The molecule has 3 saturated heterocycles. The first-order valence-electron chi connectivity index (χ1n) is 9.42. The van der Waals surface area contributed by atoms with Gasteiger partial charge in [-0.1, -0.05) is 24.6 Å². The van der Waals surface area contributed by atoms with Crippen LogP contribution in [0.1, 0.15) is 40.0 Å². The third-order valence-electron chi connectivity index (χ3n) is 6.46. The molecule has 0 radical (unpaired) electrons. The Morgan fingerprint density at radius 1 is 1.30 bits per heavy atom. The Morgan fingerprint density at radius 2 is 2.00 bits per heavy atom. The number of ketones is 1. The fourth-order valence-electron chi connectivity index (χ4n) is 4.82. The van der Waals surface area contributed by atoms with E-state index in [0.717, 1.165) is 5.57 Å². The van der Waals surface area contributed by atoms with Gasteiger partial charge in [0.25, 0.3) is 0 Å². The number of hydrogen-bond acceptors (Lipinski definition) is 7. The molecule has 27 heavy (non-hydrogen) atoms. The van der Waals surface area contributed by atoms with Gasteiger partial charge in [-0.15, -0.1) is 0 Å². The predicted molar refractivity (Wildman–Crippen MR) is 93.4 cm³/mol. The van der Waals surface area contributed by atoms with Crippen molar-refractivity contribution in [3.8, 4) is 0 Å². The Kier molecular flexibility index (Phi) is 4.16. The molecule has 7 heteroatoms. The van der Waals surface area contributed by atoms with Crippen LogP contribution in [0.5, 0.6) is 0 Å². The molecule has 0 aliphatic carbocycles. The van der Waals surface area contributed by atoms with Gasteiger partial charge in [0.1, 0.15) is 24.4 Å². The zero-order valence-electron chi connectivity index (χ0n) is 15.8. The lowest BCUT2D eigenvalue weighted by molar-refractivity contribution is -0.338. The van der Waals surface area contributed by atoms with Crippen molar-refractivity contribution >= 4 is 11.8 Å². The molecule has 2 unspecified atom stereocenters. The second-order valence-electron chi connectivity index (χ2n) is 8.53. The molecule has 4 aliphatic heterocycles. The number of carbonyl (C=O) groups is 2. The second kappa shape index (κ2) is 5.98. The van der Waals surface area contributed by atoms with Crippen LogP contribution in [-0.4, -0.2) is 57.8 Å². The van der Waals surface area contributed by atoms with E-state index in [1.54, 1.807) is 13.8 Å². The summed E-state index contributed by atoms with van der Waals surface area (Å²) in [6, 6.07) is 0. The highest BCUT2D eigenvalue weighted by Crippen LogP contribution is 2.56. The molecule has 0 saturated carbocycles. The summed E-state index contributed by atoms with van der Waals surface area (Å²) in [6.07, 6.45) is -0.786. The molecule has 7 nitrogen and oxygen atoms in total. The third kappa shape index (κ3) is 2.63. The van der Waals surface area contributed by atoms with Gasteiger partial charge in [0.05, 0.1) is 0 Å². The van der Waals surface area contributed by atoms with E-state index >= 15 is 0 Å². The SMILES string of the molecule is C=C(C)[C@@H]1C[C@H]2OC(O)([C@@H](C)CC(=O)/C=C(/C)C[C@@H]3OC(=O)[C@]24OC34)[C@H]1O. The molecule has 0 aromatic heterocycles. The van der Waals surface area contributed by atoms with Crippen molar-refractivity contribution in [3.05, 3.63) is 23.8 Å². The summed E-state index contributed by atoms with van der Waals surface area (Å²) >= 11 is 0. The molecule has 4 rings (SSSR count). The topological polar surface area (TPSA) is 106 Å². The number of esters is 1. The van der Waals surface area contributed by atoms with Gasteiger partial charge >= 0.3 is 5.97 Å². The molecule has 4 bridgehead atoms. The van der Waals surface area contributed by atoms with Gasteiger partial charge in [-0.05, 0) is 26.3 Å². The Balaban J connectivity index is 1.79. The normalized spacial score (nSPS) is 51.2. The largest absolute Gasteiger partial charge is 0.457 e. The number of hydrogen-bond donors (Lipinski definition) is 2. The van der Waals surface area contributed by atoms with E-state index in [0.29, 0.717) is 12.0 Å². The number of epoxide rings is 1. The Bertz CT molecular complexity index is 743. The van der Waals surface area contributed by atoms with Crippen molar-refractivity contribution in [2.24, 2.45) is 11.8 Å². The minimum Gasteiger partial charge on any atom is -0.457 e. The minimum absolute atomic E-state index is 0.0112. The standard InChI is InChI=1S/C20H26O7/c1-9(2)13-8-15-19-17(27-19)14(25-18(19)23)6-10(3)5-12(21)7-11(4)20(24,26-15)16(13)22/h5,11,13-17,22,24H,1,6-8H2,2-4H3/b10-5-/t11-,13-,14-,15+,16-,17?,19-,20?/m0/s1. The van der Waals surface area contributed by atoms with E-state index in [2.05, 4.69) is 6.58 Å². The molecule has 0 aromatic rings. The number of rotatable bonds is 1. The molecule has 4 heterocycles. The fraction of sp³-hybridized carbons (Fsp3) is 0.700. The van der Waals surface area contributed by atoms with Crippen molar-refractivity contribution in [3.63, 3.8) is 0 Å². The zero-order chi connectivity index (χ0) is 19.7. The fourth-order valence-corrected chi connectivity index (χ4v) is 4.82. The lowest BCUT2D eigenvalue weighted by Gasteiger charge is -2.48. The summed E-state index contributed by atoms with van der Waals surface area (Å²) in [4.78, 5) is 25.1. The molecular formula is C20H26O7. The van der Waals surface area contributed by atoms with Gasteiger partial charge < -0.3 is 24.4 Å². The first kappa shape index (κ1) is 18.8. The summed E-state index contributed by atoms with van der Waals surface area (Å²) in [5.74, 6) is -3.85. The molecule has 0 amide bonds. The highest BCUT2D eigenvalue weighted by molar-refractivity contribution is 5.91. The van der Waals surface area contributed by atoms with Gasteiger partial charge in [0, 0.05) is 24.7 Å². The minimum atomic E-state index is -1.99. The van der Waals surface area contributed by atoms with Gasteiger partial charge in [-0.25, -0.2) is 4.79 Å². The maximum Gasteiger partial charge on any atom is 0.344 e. The van der Waals surface area contributed by atoms with Gasteiger partial charge in [0.2, 0.25) is 5.60 Å². The Hall–Kier alpha value is -1.54. The van der Waals surface area contributed by atoms with Crippen molar-refractivity contribution < 1.29 is 34.0 Å². The lowest BCUT2D eigenvalue weighted by atomic mass is 9.74. The van der Waals surface area contributed by atoms with E-state index in [9.17, 15) is 19.8 Å². The van der Waals surface area contributed by atoms with Crippen molar-refractivity contribution in [2.75, 3.05) is 0 Å². The van der Waals surface area contributed by atoms with Crippen molar-refractivity contribution in [1.29, 1.82) is 0 Å². The van der Waals surface area contributed by atoms with Crippen LogP contribution < -0.4 is 0 Å². The zero-order valence-corrected chi connectivity index (χ0v) is 15.8. The summed E-state index contributed by atoms with van der Waals surface area (Å²) in [5, 5.41) is 22.1. The maximum absolute atomic E-state index is 12.7. The van der Waals surface area contributed by atoms with E-state index in [4.69, 9.17) is 14.2 Å². The lowest BCUT2D eigenvalue weighted by Crippen LogP contribution is -2.62. The molecule has 0 spiro atoms. The first-order chi connectivity index (χ1) is 12.6. The first-order valence-corrected chi connectivity index (χ1v) is 9.42. The number of aliphatic hydroxyl groups excluding tert-OH is 1. The Labute approximate surface area is 158 Å². The van der Waals surface area contributed by atoms with Crippen LogP contribution in [0.3, 0.4) is 0 Å². The third-order valence-corrected chi connectivity index (χ3v) is 6.46. The molecular weight excluding hydrogens is 352 g/mol. The molecule has 8 atom stereocenters. The van der Waals surface area contributed by atoms with Crippen LogP contribution >= 0.6 is 0 Å². The number of ether oxygens (including phenoxy) is 3. The number of fused-ring (bicyclic) bond motifs is 2. The summed E-state index contributed by atoms with van der Waals surface area (Å²) in [5.41, 5.74) is 0.206. The average Bonchev–Trinajstić information content (AvgIpc) is 3.26. The van der Waals surface area contributed by atoms with E-state index in [1.165, 1.54) is 6.08 Å². The van der Waals surface area contributed by atoms with E-state index in [1.807, 2.05) is 6.92 Å². The van der Waals surface area contributed by atoms with Crippen LogP contribution in [0, 0.1) is 11.8 Å². The number of carbonyl (C=O) groups excluding carboxylic acids is 2. The summed E-state index contributed by atoms with van der Waals surface area (Å²) in [7, 11) is 0. The van der Waals surface area contributed by atoms with Gasteiger partial charge in [0.15, 0.2) is 11.6 Å². The molecule has 4 aliphatic rings. The summed E-state index contributed by atoms with van der Waals surface area (Å²) < 4.78 is 17.2. The van der Waals surface area contributed by atoms with Crippen molar-refractivity contribution in [1.82, 2.24) is 0 Å². The van der Waals surface area contributed by atoms with E-state index in [-0.39, 0.29) is 18.6 Å². The van der Waals surface area contributed by atoms with Crippen LogP contribution in [0.2, 0.25) is 0 Å². The highest BCUT2D eigenvalue weighted by atomic mass is 16.7. The monoisotopic (exact) mass is 378 g/mol. The number of aliphatic hydroxyl groups is 2. The maximum atomic E-state index is 12.7. The van der Waals surface area contributed by atoms with Gasteiger partial charge in [-0.3, -0.25) is 4.79 Å². The molecule has 2 N–H and O–H groups in total.